The van der Waals surface area contributed by atoms with E-state index < -0.39 is 10.0 Å². The summed E-state index contributed by atoms with van der Waals surface area (Å²) in [7, 11) is -3.68. The molecule has 1 heterocycles. The second kappa shape index (κ2) is 4.87. The zero-order chi connectivity index (χ0) is 14.2. The van der Waals surface area contributed by atoms with E-state index in [4.69, 9.17) is 18.0 Å². The summed E-state index contributed by atoms with van der Waals surface area (Å²) >= 11 is 6.12. The Bertz CT molecular complexity index is 687. The van der Waals surface area contributed by atoms with Gasteiger partial charge in [-0.05, 0) is 26.0 Å². The van der Waals surface area contributed by atoms with E-state index in [1.807, 2.05) is 13.8 Å². The topological polar surface area (TPSA) is 49.7 Å². The second-order valence-electron chi connectivity index (χ2n) is 4.43. The average Bonchev–Trinajstić information content (AvgIpc) is 2.59. The molecule has 0 saturated carbocycles. The lowest BCUT2D eigenvalue weighted by Gasteiger charge is -2.26. The summed E-state index contributed by atoms with van der Waals surface area (Å²) in [6.45, 7) is 4.11. The maximum absolute atomic E-state index is 12.0. The second-order valence-corrected chi connectivity index (χ2v) is 6.41. The van der Waals surface area contributed by atoms with Crippen LogP contribution in [0.1, 0.15) is 19.4 Å². The van der Waals surface area contributed by atoms with Crippen LogP contribution < -0.4 is 0 Å². The van der Waals surface area contributed by atoms with E-state index in [1.54, 1.807) is 17.0 Å². The van der Waals surface area contributed by atoms with E-state index in [0.29, 0.717) is 16.4 Å². The highest BCUT2D eigenvalue weighted by atomic mass is 35.5. The number of hydrogen-bond donors (Lipinski definition) is 0. The SMILES string of the molecule is C#CCN(C1=NS(=O)(=O)c2cccc(Cl)c21)C(C)C. The minimum atomic E-state index is -3.68. The first-order valence-electron chi connectivity index (χ1n) is 5.72. The predicted octanol–water partition coefficient (Wildman–Crippen LogP) is 2.13. The first kappa shape index (κ1) is 13.9. The van der Waals surface area contributed by atoms with Crippen molar-refractivity contribution in [2.45, 2.75) is 24.8 Å². The van der Waals surface area contributed by atoms with Gasteiger partial charge in [0.15, 0.2) is 5.84 Å². The van der Waals surface area contributed by atoms with E-state index in [1.165, 1.54) is 6.07 Å². The van der Waals surface area contributed by atoms with Gasteiger partial charge in [0.25, 0.3) is 10.0 Å². The summed E-state index contributed by atoms with van der Waals surface area (Å²) in [6, 6.07) is 4.76. The molecule has 6 heteroatoms. The third kappa shape index (κ3) is 2.34. The normalized spacial score (nSPS) is 15.8. The van der Waals surface area contributed by atoms with Crippen LogP contribution in [0.2, 0.25) is 5.02 Å². The number of benzene rings is 1. The molecule has 1 aliphatic heterocycles. The van der Waals surface area contributed by atoms with Gasteiger partial charge in [-0.3, -0.25) is 0 Å². The molecule has 0 unspecified atom stereocenters. The number of hydrogen-bond acceptors (Lipinski definition) is 3. The van der Waals surface area contributed by atoms with Crippen molar-refractivity contribution in [1.29, 1.82) is 0 Å². The predicted molar refractivity (Wildman–Crippen MR) is 75.8 cm³/mol. The number of amidine groups is 1. The minimum absolute atomic E-state index is 0.0206. The first-order valence-corrected chi connectivity index (χ1v) is 7.54. The summed E-state index contributed by atoms with van der Waals surface area (Å²) in [5, 5.41) is 0.361. The summed E-state index contributed by atoms with van der Waals surface area (Å²) in [6.07, 6.45) is 5.33. The van der Waals surface area contributed by atoms with Crippen molar-refractivity contribution in [1.82, 2.24) is 4.90 Å². The molecule has 19 heavy (non-hydrogen) atoms. The number of nitrogens with zero attached hydrogens (tertiary/aromatic N) is 2. The molecule has 2 rings (SSSR count). The molecule has 0 atom stereocenters. The van der Waals surface area contributed by atoms with Gasteiger partial charge in [-0.2, -0.15) is 8.42 Å². The van der Waals surface area contributed by atoms with Crippen molar-refractivity contribution in [3.63, 3.8) is 0 Å². The van der Waals surface area contributed by atoms with Gasteiger partial charge in [0, 0.05) is 6.04 Å². The van der Waals surface area contributed by atoms with E-state index in [9.17, 15) is 8.42 Å². The Labute approximate surface area is 118 Å². The van der Waals surface area contributed by atoms with Gasteiger partial charge >= 0.3 is 0 Å². The number of terminal acetylenes is 1. The standard InChI is InChI=1S/C13H13ClN2O2S/c1-4-8-16(9(2)3)13-12-10(14)6-5-7-11(12)19(17,18)15-13/h1,5-7,9H,8H2,2-3H3. The molecule has 0 fully saturated rings. The Morgan fingerprint density at radius 1 is 1.47 bits per heavy atom. The zero-order valence-corrected chi connectivity index (χ0v) is 12.2. The lowest BCUT2D eigenvalue weighted by atomic mass is 10.1. The van der Waals surface area contributed by atoms with E-state index in [-0.39, 0.29) is 17.5 Å². The van der Waals surface area contributed by atoms with Crippen molar-refractivity contribution in [2.24, 2.45) is 4.40 Å². The molecule has 0 bridgehead atoms. The highest BCUT2D eigenvalue weighted by Crippen LogP contribution is 2.33. The Hall–Kier alpha value is -1.51. The number of rotatable bonds is 2. The summed E-state index contributed by atoms with van der Waals surface area (Å²) < 4.78 is 27.9. The van der Waals surface area contributed by atoms with Crippen LogP contribution in [0.5, 0.6) is 0 Å². The van der Waals surface area contributed by atoms with Crippen molar-refractivity contribution in [2.75, 3.05) is 6.54 Å². The first-order chi connectivity index (χ1) is 8.88. The maximum atomic E-state index is 12.0. The minimum Gasteiger partial charge on any atom is -0.342 e. The van der Waals surface area contributed by atoms with Gasteiger partial charge in [0.1, 0.15) is 4.90 Å². The molecular formula is C13H13ClN2O2S. The Morgan fingerprint density at radius 3 is 2.74 bits per heavy atom. The Kier molecular flexibility index (Phi) is 3.57. The Balaban J connectivity index is 2.65. The fourth-order valence-corrected chi connectivity index (χ4v) is 3.49. The molecule has 0 amide bonds. The largest absolute Gasteiger partial charge is 0.342 e. The van der Waals surface area contributed by atoms with Crippen LogP contribution in [0.15, 0.2) is 27.5 Å². The van der Waals surface area contributed by atoms with Crippen LogP contribution in [0, 0.1) is 12.3 Å². The van der Waals surface area contributed by atoms with Gasteiger partial charge in [0.2, 0.25) is 0 Å². The molecule has 4 nitrogen and oxygen atoms in total. The van der Waals surface area contributed by atoms with Crippen molar-refractivity contribution in [3.05, 3.63) is 28.8 Å². The molecule has 100 valence electrons. The molecular weight excluding hydrogens is 284 g/mol. The molecule has 0 N–H and O–H groups in total. The fourth-order valence-electron chi connectivity index (χ4n) is 1.94. The molecule has 1 aromatic carbocycles. The monoisotopic (exact) mass is 296 g/mol. The van der Waals surface area contributed by atoms with Crippen molar-refractivity contribution < 1.29 is 8.42 Å². The van der Waals surface area contributed by atoms with E-state index >= 15 is 0 Å². The number of fused-ring (bicyclic) bond motifs is 1. The van der Waals surface area contributed by atoms with Crippen LogP contribution in [-0.4, -0.2) is 31.7 Å². The summed E-state index contributed by atoms with van der Waals surface area (Å²) in [5.74, 6) is 2.84. The highest BCUT2D eigenvalue weighted by Gasteiger charge is 2.34. The third-order valence-corrected chi connectivity index (χ3v) is 4.46. The average molecular weight is 297 g/mol. The molecule has 0 saturated heterocycles. The molecule has 1 aromatic rings. The summed E-state index contributed by atoms with van der Waals surface area (Å²) in [4.78, 5) is 1.88. The van der Waals surface area contributed by atoms with Gasteiger partial charge in [-0.15, -0.1) is 10.8 Å². The van der Waals surface area contributed by atoms with Crippen molar-refractivity contribution in [3.8, 4) is 12.3 Å². The summed E-state index contributed by atoms with van der Waals surface area (Å²) in [5.41, 5.74) is 0.438. The lowest BCUT2D eigenvalue weighted by molar-refractivity contribution is 0.389. The van der Waals surface area contributed by atoms with Crippen LogP contribution in [-0.2, 0) is 10.0 Å². The number of halogens is 1. The lowest BCUT2D eigenvalue weighted by Crippen LogP contribution is -2.37. The maximum Gasteiger partial charge on any atom is 0.285 e. The van der Waals surface area contributed by atoms with E-state index in [0.717, 1.165) is 0 Å². The van der Waals surface area contributed by atoms with Crippen LogP contribution in [0.25, 0.3) is 0 Å². The Morgan fingerprint density at radius 2 is 2.16 bits per heavy atom. The third-order valence-electron chi connectivity index (χ3n) is 2.84. The van der Waals surface area contributed by atoms with Gasteiger partial charge in [-0.1, -0.05) is 23.6 Å². The number of sulfonamides is 1. The fraction of sp³-hybridized carbons (Fsp3) is 0.308. The molecule has 0 aliphatic carbocycles. The quantitative estimate of drug-likeness (QED) is 0.786. The molecule has 0 aromatic heterocycles. The van der Waals surface area contributed by atoms with Gasteiger partial charge < -0.3 is 4.90 Å². The van der Waals surface area contributed by atoms with Gasteiger partial charge in [-0.25, -0.2) is 0 Å². The van der Waals surface area contributed by atoms with E-state index in [2.05, 4.69) is 10.3 Å². The molecule has 0 spiro atoms. The molecule has 1 aliphatic rings. The zero-order valence-electron chi connectivity index (χ0n) is 10.6. The van der Waals surface area contributed by atoms with Crippen LogP contribution >= 0.6 is 11.6 Å². The van der Waals surface area contributed by atoms with Gasteiger partial charge in [0.05, 0.1) is 17.1 Å². The smallest absolute Gasteiger partial charge is 0.285 e. The highest BCUT2D eigenvalue weighted by molar-refractivity contribution is 7.90. The van der Waals surface area contributed by atoms with Crippen LogP contribution in [0.4, 0.5) is 0 Å². The van der Waals surface area contributed by atoms with Crippen molar-refractivity contribution >= 4 is 27.5 Å². The van der Waals surface area contributed by atoms with Crippen LogP contribution in [0.3, 0.4) is 0 Å². The molecule has 0 radical (unpaired) electrons.